The van der Waals surface area contributed by atoms with Crippen LogP contribution >= 0.6 is 0 Å². The highest BCUT2D eigenvalue weighted by atomic mass is 16.5. The average Bonchev–Trinajstić information content (AvgIpc) is 2.84. The molecule has 2 heterocycles. The minimum Gasteiger partial charge on any atom is -0.380 e. The zero-order valence-corrected chi connectivity index (χ0v) is 9.16. The van der Waals surface area contributed by atoms with Crippen molar-refractivity contribution < 1.29 is 9.53 Å². The van der Waals surface area contributed by atoms with Crippen LogP contribution in [-0.4, -0.2) is 37.1 Å². The summed E-state index contributed by atoms with van der Waals surface area (Å²) in [6, 6.07) is 0. The highest BCUT2D eigenvalue weighted by molar-refractivity contribution is 5.93. The average molecular weight is 207 g/mol. The van der Waals surface area contributed by atoms with Gasteiger partial charge in [-0.25, -0.2) is 0 Å². The fraction of sp³-hybridized carbons (Fsp3) is 0.750. The van der Waals surface area contributed by atoms with Crippen molar-refractivity contribution in [2.75, 3.05) is 26.3 Å². The molecule has 0 aromatic heterocycles. The van der Waals surface area contributed by atoms with E-state index in [1.165, 1.54) is 0 Å². The lowest BCUT2D eigenvalue weighted by atomic mass is 10.1. The maximum Gasteiger partial charge on any atom is 0.298 e. The normalized spacial score (nSPS) is 30.1. The number of likely N-dealkylation sites (tertiary alicyclic amines) is 1. The van der Waals surface area contributed by atoms with Crippen molar-refractivity contribution >= 4 is 5.91 Å². The Morgan fingerprint density at radius 3 is 2.93 bits per heavy atom. The molecule has 2 aliphatic rings. The molecule has 2 fully saturated rings. The van der Waals surface area contributed by atoms with Gasteiger partial charge in [0.15, 0.2) is 0 Å². The fourth-order valence-electron chi connectivity index (χ4n) is 2.01. The summed E-state index contributed by atoms with van der Waals surface area (Å²) in [6.07, 6.45) is 2.08. The molecule has 2 rings (SSSR count). The van der Waals surface area contributed by atoms with E-state index in [-0.39, 0.29) is 11.8 Å². The molecule has 15 heavy (non-hydrogen) atoms. The third-order valence-electron chi connectivity index (χ3n) is 3.02. The molecule has 2 saturated heterocycles. The Hall–Kier alpha value is -1.01. The van der Waals surface area contributed by atoms with Crippen molar-refractivity contribution in [1.29, 1.82) is 0 Å². The largest absolute Gasteiger partial charge is 0.380 e. The van der Waals surface area contributed by atoms with Gasteiger partial charge >= 0.3 is 0 Å². The number of ether oxygens (including phenoxy) is 1. The molecule has 3 heteroatoms. The molecule has 0 aromatic rings. The number of carbonyl (C=O) groups is 1. The second-order valence-electron chi connectivity index (χ2n) is 4.47. The van der Waals surface area contributed by atoms with Crippen LogP contribution in [0.2, 0.25) is 0 Å². The van der Waals surface area contributed by atoms with E-state index < -0.39 is 0 Å². The molecule has 0 radical (unpaired) electrons. The lowest BCUT2D eigenvalue weighted by Crippen LogP contribution is -2.27. The molecule has 82 valence electrons. The predicted octanol–water partition coefficient (Wildman–Crippen LogP) is 0.895. The maximum absolute atomic E-state index is 11.7. The van der Waals surface area contributed by atoms with E-state index in [1.807, 2.05) is 4.90 Å². The van der Waals surface area contributed by atoms with Gasteiger partial charge in [-0.15, -0.1) is 0 Å². The van der Waals surface area contributed by atoms with Gasteiger partial charge in [-0.3, -0.25) is 4.79 Å². The Morgan fingerprint density at radius 2 is 2.33 bits per heavy atom. The van der Waals surface area contributed by atoms with E-state index in [2.05, 4.69) is 18.8 Å². The molecule has 0 N–H and O–H groups in total. The molecule has 0 bridgehead atoms. The number of amides is 1. The van der Waals surface area contributed by atoms with Crippen LogP contribution in [0.25, 0.3) is 0 Å². The highest BCUT2D eigenvalue weighted by Gasteiger charge is 2.22. The lowest BCUT2D eigenvalue weighted by molar-refractivity contribution is -0.124. The summed E-state index contributed by atoms with van der Waals surface area (Å²) in [4.78, 5) is 13.5. The summed E-state index contributed by atoms with van der Waals surface area (Å²) >= 11 is 0. The standard InChI is InChI=1S/C12H17NO2/c1-10-4-6-13(8-10)12(14)3-2-11-5-7-15-9-11/h10-11H,4-9H2,1H3/t10-,11?/m0/s1. The minimum atomic E-state index is -0.00810. The van der Waals surface area contributed by atoms with Crippen LogP contribution in [0.1, 0.15) is 19.8 Å². The Balaban J connectivity index is 1.85. The molecule has 0 saturated carbocycles. The second kappa shape index (κ2) is 4.67. The molecule has 0 aliphatic carbocycles. The van der Waals surface area contributed by atoms with E-state index in [0.29, 0.717) is 12.5 Å². The van der Waals surface area contributed by atoms with E-state index in [4.69, 9.17) is 4.74 Å². The Morgan fingerprint density at radius 1 is 1.47 bits per heavy atom. The summed E-state index contributed by atoms with van der Waals surface area (Å²) in [6.45, 7) is 5.39. The quantitative estimate of drug-likeness (QED) is 0.552. The molecule has 1 amide bonds. The van der Waals surface area contributed by atoms with Crippen LogP contribution < -0.4 is 0 Å². The van der Waals surface area contributed by atoms with Crippen LogP contribution in [0.5, 0.6) is 0 Å². The van der Waals surface area contributed by atoms with Crippen LogP contribution in [0.4, 0.5) is 0 Å². The van der Waals surface area contributed by atoms with Gasteiger partial charge in [0.1, 0.15) is 0 Å². The molecule has 2 aliphatic heterocycles. The first-order chi connectivity index (χ1) is 7.25. The van der Waals surface area contributed by atoms with Crippen molar-refractivity contribution in [3.63, 3.8) is 0 Å². The van der Waals surface area contributed by atoms with Gasteiger partial charge in [0.05, 0.1) is 6.61 Å². The first-order valence-electron chi connectivity index (χ1n) is 5.64. The van der Waals surface area contributed by atoms with Gasteiger partial charge in [-0.05, 0) is 24.7 Å². The Kier molecular flexibility index (Phi) is 3.27. The maximum atomic E-state index is 11.7. The first kappa shape index (κ1) is 10.5. The van der Waals surface area contributed by atoms with Crippen molar-refractivity contribution in [2.45, 2.75) is 19.8 Å². The van der Waals surface area contributed by atoms with Crippen LogP contribution in [0.3, 0.4) is 0 Å². The second-order valence-corrected chi connectivity index (χ2v) is 4.47. The van der Waals surface area contributed by atoms with Gasteiger partial charge in [0, 0.05) is 25.6 Å². The number of nitrogens with zero attached hydrogens (tertiary/aromatic N) is 1. The SMILES string of the molecule is C[C@H]1CCN(C(=O)C#CC2CCOC2)C1. The third kappa shape index (κ3) is 2.73. The molecular weight excluding hydrogens is 190 g/mol. The van der Waals surface area contributed by atoms with E-state index in [0.717, 1.165) is 32.5 Å². The van der Waals surface area contributed by atoms with Crippen LogP contribution in [-0.2, 0) is 9.53 Å². The van der Waals surface area contributed by atoms with Gasteiger partial charge in [0.2, 0.25) is 0 Å². The zero-order chi connectivity index (χ0) is 10.7. The predicted molar refractivity (Wildman–Crippen MR) is 57.1 cm³/mol. The number of hydrogen-bond donors (Lipinski definition) is 0. The van der Waals surface area contributed by atoms with Gasteiger partial charge in [0.25, 0.3) is 5.91 Å². The molecule has 3 nitrogen and oxygen atoms in total. The highest BCUT2D eigenvalue weighted by Crippen LogP contribution is 2.15. The number of carbonyl (C=O) groups excluding carboxylic acids is 1. The smallest absolute Gasteiger partial charge is 0.298 e. The van der Waals surface area contributed by atoms with Gasteiger partial charge in [-0.1, -0.05) is 12.8 Å². The molecule has 1 unspecified atom stereocenters. The summed E-state index contributed by atoms with van der Waals surface area (Å²) < 4.78 is 5.20. The van der Waals surface area contributed by atoms with E-state index in [9.17, 15) is 4.79 Å². The summed E-state index contributed by atoms with van der Waals surface area (Å²) in [7, 11) is 0. The van der Waals surface area contributed by atoms with E-state index in [1.54, 1.807) is 0 Å². The zero-order valence-electron chi connectivity index (χ0n) is 9.16. The van der Waals surface area contributed by atoms with E-state index >= 15 is 0 Å². The third-order valence-corrected chi connectivity index (χ3v) is 3.02. The fourth-order valence-corrected chi connectivity index (χ4v) is 2.01. The Bertz CT molecular complexity index is 296. The van der Waals surface area contributed by atoms with Crippen LogP contribution in [0.15, 0.2) is 0 Å². The monoisotopic (exact) mass is 207 g/mol. The first-order valence-corrected chi connectivity index (χ1v) is 5.64. The number of rotatable bonds is 0. The minimum absolute atomic E-state index is 0.00810. The van der Waals surface area contributed by atoms with Gasteiger partial charge in [-0.2, -0.15) is 0 Å². The summed E-state index contributed by atoms with van der Waals surface area (Å²) in [5, 5.41) is 0. The van der Waals surface area contributed by atoms with Crippen molar-refractivity contribution in [2.24, 2.45) is 11.8 Å². The molecule has 2 atom stereocenters. The van der Waals surface area contributed by atoms with Gasteiger partial charge < -0.3 is 9.64 Å². The summed E-state index contributed by atoms with van der Waals surface area (Å²) in [5.74, 6) is 6.65. The topological polar surface area (TPSA) is 29.5 Å². The van der Waals surface area contributed by atoms with Crippen LogP contribution in [0, 0.1) is 23.7 Å². The number of hydrogen-bond acceptors (Lipinski definition) is 2. The van der Waals surface area contributed by atoms with Crippen molar-refractivity contribution in [3.8, 4) is 11.8 Å². The molecule has 0 spiro atoms. The Labute approximate surface area is 90.8 Å². The molecule has 0 aromatic carbocycles. The summed E-state index contributed by atoms with van der Waals surface area (Å²) in [5.41, 5.74) is 0. The van der Waals surface area contributed by atoms with Crippen molar-refractivity contribution in [3.05, 3.63) is 0 Å². The molecular formula is C12H17NO2. The lowest BCUT2D eigenvalue weighted by Gasteiger charge is -2.11. The van der Waals surface area contributed by atoms with Crippen molar-refractivity contribution in [1.82, 2.24) is 4.90 Å².